The molecule has 0 unspecified atom stereocenters. The van der Waals surface area contributed by atoms with Gasteiger partial charge >= 0.3 is 0 Å². The number of nitrogens with one attached hydrogen (secondary N) is 2. The van der Waals surface area contributed by atoms with Crippen LogP contribution in [0.3, 0.4) is 0 Å². The van der Waals surface area contributed by atoms with Gasteiger partial charge in [0.25, 0.3) is 0 Å². The number of rotatable bonds is 6. The lowest BCUT2D eigenvalue weighted by molar-refractivity contribution is 0.414. The summed E-state index contributed by atoms with van der Waals surface area (Å²) in [5.41, 5.74) is 1.08. The molecule has 0 atom stereocenters. The van der Waals surface area contributed by atoms with E-state index in [0.29, 0.717) is 19.0 Å². The van der Waals surface area contributed by atoms with Gasteiger partial charge in [0.05, 0.1) is 12.9 Å². The first-order valence-electron chi connectivity index (χ1n) is 6.20. The summed E-state index contributed by atoms with van der Waals surface area (Å²) in [6.07, 6.45) is 1.21. The van der Waals surface area contributed by atoms with E-state index in [9.17, 15) is 8.42 Å². The lowest BCUT2D eigenvalue weighted by atomic mass is 10.2. The van der Waals surface area contributed by atoms with Gasteiger partial charge in [-0.25, -0.2) is 8.42 Å². The Hall–Kier alpha value is -1.03. The van der Waals surface area contributed by atoms with Crippen LogP contribution in [0.25, 0.3) is 0 Å². The molecular weight excluding hydrogens is 405 g/mol. The van der Waals surface area contributed by atoms with Crippen molar-refractivity contribution < 1.29 is 13.2 Å². The number of halogens is 1. The maximum Gasteiger partial charge on any atom is 0.191 e. The minimum absolute atomic E-state index is 0. The van der Waals surface area contributed by atoms with Crippen molar-refractivity contribution in [3.63, 3.8) is 0 Å². The number of benzene rings is 1. The number of methoxy groups -OCH3 is 1. The molecule has 2 N–H and O–H groups in total. The number of hydrogen-bond acceptors (Lipinski definition) is 4. The van der Waals surface area contributed by atoms with Crippen LogP contribution < -0.4 is 15.4 Å². The molecule has 8 heteroatoms. The first kappa shape index (κ1) is 20.0. The smallest absolute Gasteiger partial charge is 0.191 e. The van der Waals surface area contributed by atoms with E-state index in [-0.39, 0.29) is 29.7 Å². The average Bonchev–Trinajstić information content (AvgIpc) is 2.42. The number of sulfone groups is 1. The fraction of sp³-hybridized carbons (Fsp3) is 0.462. The molecule has 0 aliphatic rings. The van der Waals surface area contributed by atoms with Crippen LogP contribution in [0.1, 0.15) is 5.56 Å². The molecule has 0 aromatic heterocycles. The monoisotopic (exact) mass is 427 g/mol. The first-order chi connectivity index (χ1) is 9.44. The van der Waals surface area contributed by atoms with Crippen LogP contribution in [-0.2, 0) is 16.4 Å². The highest BCUT2D eigenvalue weighted by molar-refractivity contribution is 14.0. The van der Waals surface area contributed by atoms with Gasteiger partial charge < -0.3 is 15.4 Å². The summed E-state index contributed by atoms with van der Waals surface area (Å²) in [5, 5.41) is 6.07. The van der Waals surface area contributed by atoms with Gasteiger partial charge in [0.2, 0.25) is 0 Å². The molecule has 6 nitrogen and oxygen atoms in total. The number of nitrogens with zero attached hydrogens (tertiary/aromatic N) is 1. The van der Waals surface area contributed by atoms with Gasteiger partial charge in [-0.1, -0.05) is 12.1 Å². The summed E-state index contributed by atoms with van der Waals surface area (Å²) in [6, 6.07) is 7.68. The summed E-state index contributed by atoms with van der Waals surface area (Å²) in [5.74, 6) is 1.46. The molecule has 0 fully saturated rings. The second kappa shape index (κ2) is 9.82. The zero-order valence-electron chi connectivity index (χ0n) is 12.4. The molecule has 0 saturated carbocycles. The summed E-state index contributed by atoms with van der Waals surface area (Å²) >= 11 is 0. The van der Waals surface area contributed by atoms with Crippen LogP contribution in [0.4, 0.5) is 0 Å². The largest absolute Gasteiger partial charge is 0.497 e. The van der Waals surface area contributed by atoms with Gasteiger partial charge in [-0.15, -0.1) is 24.0 Å². The molecule has 0 aliphatic carbocycles. The van der Waals surface area contributed by atoms with Gasteiger partial charge in [-0.05, 0) is 17.7 Å². The van der Waals surface area contributed by atoms with Crippen LogP contribution in [0, 0.1) is 0 Å². The van der Waals surface area contributed by atoms with E-state index in [1.54, 1.807) is 14.2 Å². The maximum absolute atomic E-state index is 11.0. The van der Waals surface area contributed by atoms with Crippen LogP contribution in [0.15, 0.2) is 29.3 Å². The van der Waals surface area contributed by atoms with Crippen molar-refractivity contribution >= 4 is 39.8 Å². The third-order valence-corrected chi connectivity index (χ3v) is 3.55. The highest BCUT2D eigenvalue weighted by atomic mass is 127. The zero-order valence-corrected chi connectivity index (χ0v) is 15.6. The van der Waals surface area contributed by atoms with E-state index >= 15 is 0 Å². The van der Waals surface area contributed by atoms with E-state index in [4.69, 9.17) is 4.74 Å². The summed E-state index contributed by atoms with van der Waals surface area (Å²) in [7, 11) is 0.306. The first-order valence-corrected chi connectivity index (χ1v) is 8.26. The standard InChI is InChI=1S/C13H21N3O3S.HI/c1-14-13(15-8-9-20(3,17)18)16-10-11-4-6-12(19-2)7-5-11;/h4-7H,8-10H2,1-3H3,(H2,14,15,16);1H. The summed E-state index contributed by atoms with van der Waals surface area (Å²) in [4.78, 5) is 4.03. The SMILES string of the molecule is CN=C(NCCS(C)(=O)=O)NCc1ccc(OC)cc1.I. The molecule has 1 aromatic carbocycles. The van der Waals surface area contributed by atoms with Crippen LogP contribution in [0.2, 0.25) is 0 Å². The van der Waals surface area contributed by atoms with Crippen molar-refractivity contribution in [3.8, 4) is 5.75 Å². The van der Waals surface area contributed by atoms with E-state index in [1.807, 2.05) is 24.3 Å². The van der Waals surface area contributed by atoms with Gasteiger partial charge in [-0.3, -0.25) is 4.99 Å². The van der Waals surface area contributed by atoms with E-state index < -0.39 is 9.84 Å². The Bertz CT molecular complexity index is 544. The van der Waals surface area contributed by atoms with Crippen molar-refractivity contribution in [1.82, 2.24) is 10.6 Å². The quantitative estimate of drug-likeness (QED) is 0.403. The number of aliphatic imine (C=N–C) groups is 1. The minimum atomic E-state index is -2.96. The second-order valence-electron chi connectivity index (χ2n) is 4.33. The predicted octanol–water partition coefficient (Wildman–Crippen LogP) is 1.02. The fourth-order valence-corrected chi connectivity index (χ4v) is 1.98. The molecule has 0 heterocycles. The van der Waals surface area contributed by atoms with E-state index in [1.165, 1.54) is 6.26 Å². The van der Waals surface area contributed by atoms with E-state index in [0.717, 1.165) is 11.3 Å². The van der Waals surface area contributed by atoms with Gasteiger partial charge in [-0.2, -0.15) is 0 Å². The van der Waals surface area contributed by atoms with Crippen LogP contribution in [-0.4, -0.2) is 47.1 Å². The lowest BCUT2D eigenvalue weighted by Gasteiger charge is -2.11. The van der Waals surface area contributed by atoms with Crippen LogP contribution >= 0.6 is 24.0 Å². The molecule has 0 saturated heterocycles. The molecule has 21 heavy (non-hydrogen) atoms. The Balaban J connectivity index is 0.00000400. The Morgan fingerprint density at radius 2 is 1.86 bits per heavy atom. The average molecular weight is 427 g/mol. The molecule has 0 radical (unpaired) electrons. The van der Waals surface area contributed by atoms with Gasteiger partial charge in [0, 0.05) is 26.4 Å². The van der Waals surface area contributed by atoms with E-state index in [2.05, 4.69) is 15.6 Å². The van der Waals surface area contributed by atoms with Crippen molar-refractivity contribution in [3.05, 3.63) is 29.8 Å². The molecular formula is C13H22IN3O3S. The van der Waals surface area contributed by atoms with Crippen molar-refractivity contribution in [2.45, 2.75) is 6.54 Å². The van der Waals surface area contributed by atoms with Gasteiger partial charge in [0.1, 0.15) is 15.6 Å². The molecule has 0 amide bonds. The molecule has 1 rings (SSSR count). The van der Waals surface area contributed by atoms with Gasteiger partial charge in [0.15, 0.2) is 5.96 Å². The Kier molecular flexibility index (Phi) is 9.34. The molecule has 120 valence electrons. The number of ether oxygens (including phenoxy) is 1. The maximum atomic E-state index is 11.0. The summed E-state index contributed by atoms with van der Waals surface area (Å²) < 4.78 is 27.1. The second-order valence-corrected chi connectivity index (χ2v) is 6.59. The third-order valence-electron chi connectivity index (χ3n) is 2.61. The topological polar surface area (TPSA) is 79.8 Å². The van der Waals surface area contributed by atoms with Crippen LogP contribution in [0.5, 0.6) is 5.75 Å². The molecule has 0 aliphatic heterocycles. The van der Waals surface area contributed by atoms with Crippen molar-refractivity contribution in [2.75, 3.05) is 32.7 Å². The number of guanidine groups is 1. The highest BCUT2D eigenvalue weighted by Crippen LogP contribution is 2.10. The van der Waals surface area contributed by atoms with Crippen molar-refractivity contribution in [1.29, 1.82) is 0 Å². The lowest BCUT2D eigenvalue weighted by Crippen LogP contribution is -2.39. The van der Waals surface area contributed by atoms with Crippen molar-refractivity contribution in [2.24, 2.45) is 4.99 Å². The molecule has 0 bridgehead atoms. The normalized spacial score (nSPS) is 11.5. The Morgan fingerprint density at radius 1 is 1.24 bits per heavy atom. The zero-order chi connectivity index (χ0) is 15.0. The number of hydrogen-bond donors (Lipinski definition) is 2. The molecule has 1 aromatic rings. The highest BCUT2D eigenvalue weighted by Gasteiger charge is 2.03. The third kappa shape index (κ3) is 8.76. The summed E-state index contributed by atoms with van der Waals surface area (Å²) in [6.45, 7) is 0.934. The fourth-order valence-electron chi connectivity index (χ4n) is 1.50. The Morgan fingerprint density at radius 3 is 2.33 bits per heavy atom. The molecule has 0 spiro atoms. The predicted molar refractivity (Wildman–Crippen MR) is 96.3 cm³/mol. The Labute approximate surface area is 143 Å². The minimum Gasteiger partial charge on any atom is -0.497 e.